The van der Waals surface area contributed by atoms with Crippen LogP contribution in [0.15, 0.2) is 42.5 Å². The first-order chi connectivity index (χ1) is 13.9. The summed E-state index contributed by atoms with van der Waals surface area (Å²) in [6.07, 6.45) is 0.589. The summed E-state index contributed by atoms with van der Waals surface area (Å²) in [5.74, 6) is 0.449. The van der Waals surface area contributed by atoms with Crippen molar-refractivity contribution in [1.29, 1.82) is 0 Å². The summed E-state index contributed by atoms with van der Waals surface area (Å²) in [4.78, 5) is 15.2. The summed E-state index contributed by atoms with van der Waals surface area (Å²) in [5, 5.41) is 22.6. The number of phenolic OH excluding ortho intramolecular Hbond substituents is 1. The summed E-state index contributed by atoms with van der Waals surface area (Å²) in [6.45, 7) is 5.54. The van der Waals surface area contributed by atoms with Gasteiger partial charge in [-0.15, -0.1) is 0 Å². The monoisotopic (exact) mass is 393 g/mol. The van der Waals surface area contributed by atoms with Gasteiger partial charge >= 0.3 is 0 Å². The number of phenols is 1. The number of piperidine rings is 1. The van der Waals surface area contributed by atoms with Gasteiger partial charge in [0.05, 0.1) is 11.0 Å². The van der Waals surface area contributed by atoms with Gasteiger partial charge in [-0.2, -0.15) is 0 Å². The minimum absolute atomic E-state index is 0.0217. The summed E-state index contributed by atoms with van der Waals surface area (Å²) in [6, 6.07) is 13.6. The molecule has 3 aliphatic rings. The van der Waals surface area contributed by atoms with E-state index in [9.17, 15) is 15.0 Å². The number of hydrogen-bond acceptors (Lipinski definition) is 5. The first-order valence-corrected chi connectivity index (χ1v) is 10.4. The number of hydrogen-bond donors (Lipinski definition) is 2. The van der Waals surface area contributed by atoms with Crippen molar-refractivity contribution >= 4 is 5.78 Å². The van der Waals surface area contributed by atoms with Crippen LogP contribution in [-0.4, -0.2) is 45.2 Å². The highest BCUT2D eigenvalue weighted by Crippen LogP contribution is 2.61. The van der Waals surface area contributed by atoms with Gasteiger partial charge in [0.1, 0.15) is 0 Å². The molecule has 5 nitrogen and oxygen atoms in total. The molecule has 0 bridgehead atoms. The fourth-order valence-electron chi connectivity index (χ4n) is 6.05. The Hall–Kier alpha value is -2.37. The van der Waals surface area contributed by atoms with Gasteiger partial charge in [0.25, 0.3) is 0 Å². The quantitative estimate of drug-likeness (QED) is 0.821. The minimum Gasteiger partial charge on any atom is -0.504 e. The molecule has 4 atom stereocenters. The number of ketones is 1. The highest BCUT2D eigenvalue weighted by atomic mass is 16.5. The molecule has 0 aromatic heterocycles. The summed E-state index contributed by atoms with van der Waals surface area (Å²) in [5.41, 5.74) is 1.07. The third kappa shape index (κ3) is 2.37. The fourth-order valence-corrected chi connectivity index (χ4v) is 6.05. The standard InChI is InChI=1S/C24H27NO4/c1-15-8-9-18(26)21-20(15)23-12-13-25(14-17-6-4-3-5-7-17)16(2)24(23,28)11-10-19(27)22(23)29-21/h3-9,16,22,26,28H,10-14H2,1-2H3. The van der Waals surface area contributed by atoms with Crippen molar-refractivity contribution in [2.45, 2.75) is 62.8 Å². The molecule has 2 heterocycles. The Labute approximate surface area is 170 Å². The lowest BCUT2D eigenvalue weighted by Gasteiger charge is -2.59. The molecule has 2 aromatic rings. The SMILES string of the molecule is Cc1ccc(O)c2c1C13CCN(Cc4ccccc4)C(C)C1(O)CCC(=O)C3O2. The second kappa shape index (κ2) is 6.31. The molecule has 2 N–H and O–H groups in total. The van der Waals surface area contributed by atoms with Gasteiger partial charge in [0.2, 0.25) is 0 Å². The number of benzene rings is 2. The predicted molar refractivity (Wildman–Crippen MR) is 109 cm³/mol. The average Bonchev–Trinajstić information content (AvgIpc) is 3.09. The van der Waals surface area contributed by atoms with Gasteiger partial charge in [-0.25, -0.2) is 0 Å². The first kappa shape index (κ1) is 18.6. The molecule has 1 saturated heterocycles. The number of Topliss-reactive ketones (excluding diaryl/α,β-unsaturated/α-hetero) is 1. The largest absolute Gasteiger partial charge is 0.504 e. The molecule has 5 heteroatoms. The lowest BCUT2D eigenvalue weighted by Crippen LogP contribution is -2.73. The maximum Gasteiger partial charge on any atom is 0.174 e. The van der Waals surface area contributed by atoms with Crippen LogP contribution in [0.1, 0.15) is 42.9 Å². The third-order valence-corrected chi connectivity index (χ3v) is 7.55. The Morgan fingerprint density at radius 1 is 1.17 bits per heavy atom. The van der Waals surface area contributed by atoms with E-state index in [0.717, 1.165) is 24.2 Å². The van der Waals surface area contributed by atoms with E-state index in [1.807, 2.05) is 31.2 Å². The number of carbonyl (C=O) groups excluding carboxylic acids is 1. The van der Waals surface area contributed by atoms with Gasteiger partial charge in [-0.1, -0.05) is 36.4 Å². The van der Waals surface area contributed by atoms with Crippen molar-refractivity contribution < 1.29 is 19.7 Å². The predicted octanol–water partition coefficient (Wildman–Crippen LogP) is 3.09. The molecule has 29 heavy (non-hydrogen) atoms. The van der Waals surface area contributed by atoms with Crippen LogP contribution in [0.4, 0.5) is 0 Å². The van der Waals surface area contributed by atoms with Crippen molar-refractivity contribution in [2.24, 2.45) is 0 Å². The molecule has 0 amide bonds. The molecule has 4 unspecified atom stereocenters. The molecule has 1 saturated carbocycles. The number of likely N-dealkylation sites (tertiary alicyclic amines) is 1. The van der Waals surface area contributed by atoms with E-state index in [1.165, 1.54) is 5.56 Å². The van der Waals surface area contributed by atoms with Crippen molar-refractivity contribution in [3.05, 3.63) is 59.2 Å². The molecule has 1 spiro atoms. The van der Waals surface area contributed by atoms with E-state index < -0.39 is 17.1 Å². The zero-order chi connectivity index (χ0) is 20.4. The van der Waals surface area contributed by atoms with Crippen molar-refractivity contribution in [2.75, 3.05) is 6.54 Å². The second-order valence-corrected chi connectivity index (χ2v) is 8.85. The molecule has 2 aromatic carbocycles. The molecule has 0 radical (unpaired) electrons. The van der Waals surface area contributed by atoms with Gasteiger partial charge in [0.15, 0.2) is 23.4 Å². The Balaban J connectivity index is 1.61. The number of nitrogens with zero attached hydrogens (tertiary/aromatic N) is 1. The zero-order valence-electron chi connectivity index (χ0n) is 16.9. The van der Waals surface area contributed by atoms with E-state index in [-0.39, 0.29) is 17.6 Å². The molecular formula is C24H27NO4. The lowest BCUT2D eigenvalue weighted by molar-refractivity contribution is -0.182. The van der Waals surface area contributed by atoms with Crippen LogP contribution in [0, 0.1) is 6.92 Å². The van der Waals surface area contributed by atoms with Crippen molar-refractivity contribution in [3.8, 4) is 11.5 Å². The highest BCUT2D eigenvalue weighted by Gasteiger charge is 2.70. The molecule has 5 rings (SSSR count). The maximum absolute atomic E-state index is 12.9. The van der Waals surface area contributed by atoms with Crippen LogP contribution in [0.25, 0.3) is 0 Å². The number of rotatable bonds is 2. The second-order valence-electron chi connectivity index (χ2n) is 8.85. The van der Waals surface area contributed by atoms with Crippen LogP contribution in [0.5, 0.6) is 11.5 Å². The molecule has 152 valence electrons. The Kier molecular flexibility index (Phi) is 4.06. The van der Waals surface area contributed by atoms with E-state index in [1.54, 1.807) is 6.07 Å². The average molecular weight is 393 g/mol. The Morgan fingerprint density at radius 3 is 2.69 bits per heavy atom. The normalized spacial score (nSPS) is 33.6. The summed E-state index contributed by atoms with van der Waals surface area (Å²) >= 11 is 0. The smallest absolute Gasteiger partial charge is 0.174 e. The Morgan fingerprint density at radius 2 is 1.93 bits per heavy atom. The fraction of sp³-hybridized carbons (Fsp3) is 0.458. The summed E-state index contributed by atoms with van der Waals surface area (Å²) < 4.78 is 6.08. The number of carbonyl (C=O) groups is 1. The first-order valence-electron chi connectivity index (χ1n) is 10.4. The van der Waals surface area contributed by atoms with Gasteiger partial charge < -0.3 is 14.9 Å². The van der Waals surface area contributed by atoms with E-state index >= 15 is 0 Å². The molecule has 2 aliphatic heterocycles. The number of fused-ring (bicyclic) bond motifs is 1. The van der Waals surface area contributed by atoms with Gasteiger partial charge in [-0.3, -0.25) is 9.69 Å². The van der Waals surface area contributed by atoms with Crippen LogP contribution >= 0.6 is 0 Å². The van der Waals surface area contributed by atoms with E-state index in [0.29, 0.717) is 25.0 Å². The number of ether oxygens (including phenoxy) is 1. The van der Waals surface area contributed by atoms with E-state index in [2.05, 4.69) is 24.0 Å². The number of aromatic hydroxyl groups is 1. The third-order valence-electron chi connectivity index (χ3n) is 7.55. The van der Waals surface area contributed by atoms with Gasteiger partial charge in [0, 0.05) is 31.1 Å². The van der Waals surface area contributed by atoms with E-state index in [4.69, 9.17) is 4.74 Å². The minimum atomic E-state index is -1.11. The van der Waals surface area contributed by atoms with Crippen LogP contribution < -0.4 is 4.74 Å². The topological polar surface area (TPSA) is 70.0 Å². The molecule has 2 fully saturated rings. The van der Waals surface area contributed by atoms with Crippen LogP contribution in [0.3, 0.4) is 0 Å². The number of aliphatic hydroxyl groups is 1. The molecular weight excluding hydrogens is 366 g/mol. The van der Waals surface area contributed by atoms with Crippen LogP contribution in [0.2, 0.25) is 0 Å². The zero-order valence-corrected chi connectivity index (χ0v) is 16.9. The van der Waals surface area contributed by atoms with Crippen molar-refractivity contribution in [3.63, 3.8) is 0 Å². The summed E-state index contributed by atoms with van der Waals surface area (Å²) in [7, 11) is 0. The van der Waals surface area contributed by atoms with Gasteiger partial charge in [-0.05, 0) is 43.9 Å². The highest BCUT2D eigenvalue weighted by molar-refractivity contribution is 5.89. The maximum atomic E-state index is 12.9. The van der Waals surface area contributed by atoms with Crippen LogP contribution in [-0.2, 0) is 16.8 Å². The number of aryl methyl sites for hydroxylation is 1. The van der Waals surface area contributed by atoms with Crippen molar-refractivity contribution in [1.82, 2.24) is 4.90 Å². The Bertz CT molecular complexity index is 974. The lowest BCUT2D eigenvalue weighted by atomic mass is 9.52. The molecule has 1 aliphatic carbocycles.